The van der Waals surface area contributed by atoms with Gasteiger partial charge in [-0.1, -0.05) is 30.3 Å². The van der Waals surface area contributed by atoms with Crippen LogP contribution in [0.15, 0.2) is 71.8 Å². The lowest BCUT2D eigenvalue weighted by Gasteiger charge is -2.10. The monoisotopic (exact) mass is 458 g/mol. The molecule has 0 fully saturated rings. The molecule has 0 bridgehead atoms. The maximum atomic E-state index is 12.1. The summed E-state index contributed by atoms with van der Waals surface area (Å²) >= 11 is 0. The van der Waals surface area contributed by atoms with Crippen LogP contribution in [-0.4, -0.2) is 30.5 Å². The summed E-state index contributed by atoms with van der Waals surface area (Å²) in [5, 5.41) is 9.19. The molecule has 3 amide bonds. The predicted molar refractivity (Wildman–Crippen MR) is 132 cm³/mol. The van der Waals surface area contributed by atoms with Gasteiger partial charge in [0.05, 0.1) is 6.21 Å². The molecule has 3 N–H and O–H groups in total. The number of hydrazone groups is 1. The number of nitrogens with zero attached hydrogens (tertiary/aromatic N) is 1. The van der Waals surface area contributed by atoms with Gasteiger partial charge in [0.25, 0.3) is 5.91 Å². The molecular weight excluding hydrogens is 432 g/mol. The Kier molecular flexibility index (Phi) is 8.12. The zero-order valence-electron chi connectivity index (χ0n) is 19.2. The van der Waals surface area contributed by atoms with E-state index in [9.17, 15) is 14.4 Å². The lowest BCUT2D eigenvalue weighted by atomic mass is 10.1. The van der Waals surface area contributed by atoms with Gasteiger partial charge in [-0.3, -0.25) is 14.4 Å². The molecule has 0 spiro atoms. The van der Waals surface area contributed by atoms with Crippen LogP contribution in [0.1, 0.15) is 22.3 Å². The molecule has 3 rings (SSSR count). The zero-order chi connectivity index (χ0) is 24.5. The number of carbonyl (C=O) groups is 3. The fourth-order valence-corrected chi connectivity index (χ4v) is 3.12. The SMILES string of the molecule is Cc1cccc(NC(=O)COc2ccc(/C=N\NC(=O)C(=O)Nc3c(C)cccc3C)cc2)c1. The molecule has 0 aromatic heterocycles. The van der Waals surface area contributed by atoms with Crippen molar-refractivity contribution in [2.24, 2.45) is 5.10 Å². The van der Waals surface area contributed by atoms with E-state index in [0.29, 0.717) is 22.7 Å². The first-order valence-corrected chi connectivity index (χ1v) is 10.6. The van der Waals surface area contributed by atoms with Crippen molar-refractivity contribution in [2.75, 3.05) is 17.2 Å². The van der Waals surface area contributed by atoms with Gasteiger partial charge in [-0.15, -0.1) is 0 Å². The van der Waals surface area contributed by atoms with Crippen molar-refractivity contribution in [1.82, 2.24) is 5.43 Å². The van der Waals surface area contributed by atoms with Gasteiger partial charge in [0, 0.05) is 11.4 Å². The van der Waals surface area contributed by atoms with Crippen molar-refractivity contribution < 1.29 is 19.1 Å². The molecule has 0 aliphatic carbocycles. The van der Waals surface area contributed by atoms with Gasteiger partial charge >= 0.3 is 11.8 Å². The number of para-hydroxylation sites is 1. The van der Waals surface area contributed by atoms with Crippen molar-refractivity contribution >= 4 is 35.3 Å². The number of nitrogens with one attached hydrogen (secondary N) is 3. The van der Waals surface area contributed by atoms with Crippen LogP contribution in [-0.2, 0) is 14.4 Å². The second kappa shape index (κ2) is 11.4. The number of ether oxygens (including phenoxy) is 1. The first-order valence-electron chi connectivity index (χ1n) is 10.6. The molecular formula is C26H26N4O4. The van der Waals surface area contributed by atoms with E-state index in [2.05, 4.69) is 21.2 Å². The molecule has 0 radical (unpaired) electrons. The Bertz CT molecular complexity index is 1200. The van der Waals surface area contributed by atoms with Crippen LogP contribution in [0.25, 0.3) is 0 Å². The van der Waals surface area contributed by atoms with Crippen LogP contribution in [0.2, 0.25) is 0 Å². The maximum Gasteiger partial charge on any atom is 0.329 e. The average Bonchev–Trinajstić information content (AvgIpc) is 2.81. The molecule has 0 unspecified atom stereocenters. The molecule has 0 saturated carbocycles. The Morgan fingerprint density at radius 3 is 2.21 bits per heavy atom. The minimum absolute atomic E-state index is 0.132. The highest BCUT2D eigenvalue weighted by Crippen LogP contribution is 2.19. The number of rotatable bonds is 7. The topological polar surface area (TPSA) is 109 Å². The number of aryl methyl sites for hydroxylation is 3. The van der Waals surface area contributed by atoms with E-state index in [1.54, 1.807) is 24.3 Å². The molecule has 0 saturated heterocycles. The highest BCUT2D eigenvalue weighted by atomic mass is 16.5. The van der Waals surface area contributed by atoms with Crippen LogP contribution in [0.4, 0.5) is 11.4 Å². The second-order valence-corrected chi connectivity index (χ2v) is 7.70. The fourth-order valence-electron chi connectivity index (χ4n) is 3.12. The van der Waals surface area contributed by atoms with Crippen LogP contribution in [0.5, 0.6) is 5.75 Å². The molecule has 0 heterocycles. The number of hydrogen-bond acceptors (Lipinski definition) is 5. The highest BCUT2D eigenvalue weighted by Gasteiger charge is 2.15. The Morgan fingerprint density at radius 2 is 1.53 bits per heavy atom. The Balaban J connectivity index is 1.45. The number of benzene rings is 3. The van der Waals surface area contributed by atoms with Crippen LogP contribution in [0, 0.1) is 20.8 Å². The quantitative estimate of drug-likeness (QED) is 0.285. The summed E-state index contributed by atoms with van der Waals surface area (Å²) in [6, 6.07) is 19.8. The number of amides is 3. The van der Waals surface area contributed by atoms with Gasteiger partial charge in [-0.2, -0.15) is 5.10 Å². The number of hydrogen-bond donors (Lipinski definition) is 3. The minimum Gasteiger partial charge on any atom is -0.484 e. The summed E-state index contributed by atoms with van der Waals surface area (Å²) in [5.74, 6) is -1.44. The standard InChI is InChI=1S/C26H26N4O4/c1-17-6-4-9-21(14-17)28-23(31)16-34-22-12-10-20(11-13-22)15-27-30-26(33)25(32)29-24-18(2)7-5-8-19(24)3/h4-15H,16H2,1-3H3,(H,28,31)(H,29,32)(H,30,33)/b27-15-. The molecule has 8 nitrogen and oxygen atoms in total. The van der Waals surface area contributed by atoms with E-state index in [4.69, 9.17) is 4.74 Å². The van der Waals surface area contributed by atoms with E-state index in [-0.39, 0.29) is 12.5 Å². The first-order chi connectivity index (χ1) is 16.3. The molecule has 3 aromatic rings. The Morgan fingerprint density at radius 1 is 0.853 bits per heavy atom. The van der Waals surface area contributed by atoms with E-state index in [0.717, 1.165) is 16.7 Å². The summed E-state index contributed by atoms with van der Waals surface area (Å²) in [7, 11) is 0. The van der Waals surface area contributed by atoms with E-state index in [1.807, 2.05) is 63.2 Å². The third-order valence-electron chi connectivity index (χ3n) is 4.86. The lowest BCUT2D eigenvalue weighted by molar-refractivity contribution is -0.136. The third-order valence-corrected chi connectivity index (χ3v) is 4.86. The summed E-state index contributed by atoms with van der Waals surface area (Å²) in [6.07, 6.45) is 1.40. The van der Waals surface area contributed by atoms with Crippen molar-refractivity contribution in [3.05, 3.63) is 89.0 Å². The molecule has 0 aliphatic rings. The predicted octanol–water partition coefficient (Wildman–Crippen LogP) is 3.72. The molecule has 3 aromatic carbocycles. The maximum absolute atomic E-state index is 12.1. The summed E-state index contributed by atoms with van der Waals surface area (Å²) in [5.41, 5.74) is 6.97. The van der Waals surface area contributed by atoms with Crippen molar-refractivity contribution in [1.29, 1.82) is 0 Å². The van der Waals surface area contributed by atoms with Crippen molar-refractivity contribution in [2.45, 2.75) is 20.8 Å². The van der Waals surface area contributed by atoms with Crippen LogP contribution >= 0.6 is 0 Å². The first kappa shape index (κ1) is 24.2. The van der Waals surface area contributed by atoms with Gasteiger partial charge < -0.3 is 15.4 Å². The summed E-state index contributed by atoms with van der Waals surface area (Å²) < 4.78 is 5.50. The fraction of sp³-hybridized carbons (Fsp3) is 0.154. The normalized spacial score (nSPS) is 10.6. The smallest absolute Gasteiger partial charge is 0.329 e. The Labute approximate surface area is 198 Å². The highest BCUT2D eigenvalue weighted by molar-refractivity contribution is 6.39. The molecule has 0 aliphatic heterocycles. The summed E-state index contributed by atoms with van der Waals surface area (Å²) in [4.78, 5) is 36.2. The number of anilines is 2. The van der Waals surface area contributed by atoms with Gasteiger partial charge in [0.2, 0.25) is 0 Å². The van der Waals surface area contributed by atoms with E-state index < -0.39 is 11.8 Å². The minimum atomic E-state index is -0.876. The Hall–Kier alpha value is -4.46. The van der Waals surface area contributed by atoms with Gasteiger partial charge in [-0.25, -0.2) is 5.43 Å². The van der Waals surface area contributed by atoms with Crippen LogP contribution < -0.4 is 20.8 Å². The third kappa shape index (κ3) is 7.03. The van der Waals surface area contributed by atoms with Gasteiger partial charge in [0.15, 0.2) is 6.61 Å². The van der Waals surface area contributed by atoms with Crippen molar-refractivity contribution in [3.8, 4) is 5.75 Å². The van der Waals surface area contributed by atoms with E-state index in [1.165, 1.54) is 6.21 Å². The second-order valence-electron chi connectivity index (χ2n) is 7.70. The summed E-state index contributed by atoms with van der Waals surface area (Å²) in [6.45, 7) is 5.52. The lowest BCUT2D eigenvalue weighted by Crippen LogP contribution is -2.32. The molecule has 174 valence electrons. The average molecular weight is 459 g/mol. The van der Waals surface area contributed by atoms with Crippen LogP contribution in [0.3, 0.4) is 0 Å². The molecule has 8 heteroatoms. The van der Waals surface area contributed by atoms with E-state index >= 15 is 0 Å². The largest absolute Gasteiger partial charge is 0.484 e. The zero-order valence-corrected chi connectivity index (χ0v) is 19.2. The molecule has 0 atom stereocenters. The van der Waals surface area contributed by atoms with Gasteiger partial charge in [-0.05, 0) is 79.4 Å². The van der Waals surface area contributed by atoms with Gasteiger partial charge in [0.1, 0.15) is 5.75 Å². The molecule has 34 heavy (non-hydrogen) atoms. The number of carbonyl (C=O) groups excluding carboxylic acids is 3. The van der Waals surface area contributed by atoms with Crippen molar-refractivity contribution in [3.63, 3.8) is 0 Å².